The Morgan fingerprint density at radius 3 is 2.42 bits per heavy atom. The Kier molecular flexibility index (Phi) is 4.88. The fourth-order valence-corrected chi connectivity index (χ4v) is 2.97. The highest BCUT2D eigenvalue weighted by Crippen LogP contribution is 2.39. The fraction of sp³-hybridized carbons (Fsp3) is 0.625. The van der Waals surface area contributed by atoms with Gasteiger partial charge in [0.05, 0.1) is 0 Å². The molecular weight excluding hydrogens is 256 g/mol. The lowest BCUT2D eigenvalue weighted by Gasteiger charge is -2.33. The smallest absolute Gasteiger partial charge is 0.0496 e. The van der Waals surface area contributed by atoms with Gasteiger partial charge in [-0.2, -0.15) is 0 Å². The van der Waals surface area contributed by atoms with E-state index in [9.17, 15) is 0 Å². The van der Waals surface area contributed by atoms with Crippen molar-refractivity contribution >= 4 is 11.6 Å². The van der Waals surface area contributed by atoms with Crippen molar-refractivity contribution in [1.82, 2.24) is 4.90 Å². The van der Waals surface area contributed by atoms with Crippen LogP contribution in [0.1, 0.15) is 38.3 Å². The fourth-order valence-electron chi connectivity index (χ4n) is 2.85. The second-order valence-corrected chi connectivity index (χ2v) is 6.42. The Morgan fingerprint density at radius 2 is 1.95 bits per heavy atom. The zero-order valence-corrected chi connectivity index (χ0v) is 12.9. The minimum atomic E-state index is 0.167. The first-order chi connectivity index (χ1) is 9.02. The van der Waals surface area contributed by atoms with Crippen molar-refractivity contribution in [3.63, 3.8) is 0 Å². The zero-order chi connectivity index (χ0) is 14.0. The maximum Gasteiger partial charge on any atom is 0.0496 e. The van der Waals surface area contributed by atoms with Crippen LogP contribution in [0.4, 0.5) is 0 Å². The largest absolute Gasteiger partial charge is 0.326 e. The summed E-state index contributed by atoms with van der Waals surface area (Å²) in [5.41, 5.74) is 7.62. The molecule has 1 aliphatic carbocycles. The third-order valence-electron chi connectivity index (χ3n) is 4.36. The molecule has 3 heteroatoms. The van der Waals surface area contributed by atoms with Gasteiger partial charge in [-0.05, 0) is 49.4 Å². The first kappa shape index (κ1) is 14.8. The number of hydrogen-bond donors (Lipinski definition) is 1. The van der Waals surface area contributed by atoms with E-state index < -0.39 is 0 Å². The van der Waals surface area contributed by atoms with Gasteiger partial charge < -0.3 is 5.73 Å². The third-order valence-corrected chi connectivity index (χ3v) is 4.61. The topological polar surface area (TPSA) is 29.3 Å². The maximum atomic E-state index is 6.34. The molecule has 1 aromatic carbocycles. The number of hydrogen-bond acceptors (Lipinski definition) is 2. The van der Waals surface area contributed by atoms with Crippen LogP contribution >= 0.6 is 11.6 Å². The number of rotatable bonds is 6. The first-order valence-electron chi connectivity index (χ1n) is 7.24. The highest BCUT2D eigenvalue weighted by atomic mass is 35.5. The van der Waals surface area contributed by atoms with Crippen molar-refractivity contribution in [3.8, 4) is 0 Å². The number of nitrogens with zero attached hydrogens (tertiary/aromatic N) is 1. The molecule has 1 aromatic rings. The van der Waals surface area contributed by atoms with E-state index in [4.69, 9.17) is 17.3 Å². The standard InChI is InChI=1S/C16H25ClN2/c1-4-15(18)16(12-5-7-14(17)8-6-12)19(3)10-13-9-11(13)2/h5-8,11,13,15-16H,4,9-10,18H2,1-3H3. The second kappa shape index (κ2) is 6.25. The van der Waals surface area contributed by atoms with Crippen LogP contribution in [-0.4, -0.2) is 24.5 Å². The molecule has 4 atom stereocenters. The molecule has 1 saturated carbocycles. The third kappa shape index (κ3) is 3.71. The summed E-state index contributed by atoms with van der Waals surface area (Å²) in [4.78, 5) is 2.42. The molecule has 0 bridgehead atoms. The average molecular weight is 281 g/mol. The Hall–Kier alpha value is -0.570. The molecule has 2 N–H and O–H groups in total. The van der Waals surface area contributed by atoms with Crippen LogP contribution in [0.3, 0.4) is 0 Å². The minimum Gasteiger partial charge on any atom is -0.326 e. The van der Waals surface area contributed by atoms with Crippen LogP contribution in [0, 0.1) is 11.8 Å². The van der Waals surface area contributed by atoms with E-state index in [1.54, 1.807) is 0 Å². The molecule has 19 heavy (non-hydrogen) atoms. The first-order valence-corrected chi connectivity index (χ1v) is 7.62. The van der Waals surface area contributed by atoms with Gasteiger partial charge in [-0.1, -0.05) is 37.6 Å². The Labute approximate surface area is 121 Å². The van der Waals surface area contributed by atoms with Gasteiger partial charge in [-0.15, -0.1) is 0 Å². The lowest BCUT2D eigenvalue weighted by atomic mass is 9.96. The van der Waals surface area contributed by atoms with Gasteiger partial charge in [-0.3, -0.25) is 4.90 Å². The van der Waals surface area contributed by atoms with Gasteiger partial charge in [-0.25, -0.2) is 0 Å². The van der Waals surface area contributed by atoms with Gasteiger partial charge in [0.2, 0.25) is 0 Å². The van der Waals surface area contributed by atoms with E-state index >= 15 is 0 Å². The summed E-state index contributed by atoms with van der Waals surface area (Å²) in [6.45, 7) is 5.62. The summed E-state index contributed by atoms with van der Waals surface area (Å²) in [7, 11) is 2.19. The molecule has 106 valence electrons. The molecule has 0 aromatic heterocycles. The monoisotopic (exact) mass is 280 g/mol. The van der Waals surface area contributed by atoms with Gasteiger partial charge >= 0.3 is 0 Å². The number of halogens is 1. The molecule has 0 heterocycles. The Bertz CT molecular complexity index is 404. The lowest BCUT2D eigenvalue weighted by molar-refractivity contribution is 0.199. The van der Waals surface area contributed by atoms with E-state index in [2.05, 4.69) is 37.9 Å². The van der Waals surface area contributed by atoms with Crippen LogP contribution < -0.4 is 5.73 Å². The summed E-state index contributed by atoms with van der Waals surface area (Å²) in [5, 5.41) is 0.783. The summed E-state index contributed by atoms with van der Waals surface area (Å²) < 4.78 is 0. The van der Waals surface area contributed by atoms with Crippen LogP contribution in [0.5, 0.6) is 0 Å². The quantitative estimate of drug-likeness (QED) is 0.861. The van der Waals surface area contributed by atoms with Crippen molar-refractivity contribution in [2.24, 2.45) is 17.6 Å². The van der Waals surface area contributed by atoms with E-state index in [0.717, 1.165) is 29.8 Å². The maximum absolute atomic E-state index is 6.34. The molecule has 1 aliphatic rings. The van der Waals surface area contributed by atoms with Crippen molar-refractivity contribution in [1.29, 1.82) is 0 Å². The molecule has 1 fully saturated rings. The highest BCUT2D eigenvalue weighted by molar-refractivity contribution is 6.30. The van der Waals surface area contributed by atoms with Crippen LogP contribution in [0.2, 0.25) is 5.02 Å². The zero-order valence-electron chi connectivity index (χ0n) is 12.1. The average Bonchev–Trinajstić information content (AvgIpc) is 3.07. The van der Waals surface area contributed by atoms with Crippen molar-refractivity contribution < 1.29 is 0 Å². The molecule has 0 aliphatic heterocycles. The SMILES string of the molecule is CCC(N)C(c1ccc(Cl)cc1)N(C)CC1CC1C. The summed E-state index contributed by atoms with van der Waals surface area (Å²) in [5.74, 6) is 1.73. The lowest BCUT2D eigenvalue weighted by Crippen LogP contribution is -2.39. The summed E-state index contributed by atoms with van der Waals surface area (Å²) in [6.07, 6.45) is 2.34. The molecule has 0 spiro atoms. The molecular formula is C16H25ClN2. The van der Waals surface area contributed by atoms with Gasteiger partial charge in [0.1, 0.15) is 0 Å². The van der Waals surface area contributed by atoms with Gasteiger partial charge in [0, 0.05) is 23.7 Å². The normalized spacial score (nSPS) is 25.4. The summed E-state index contributed by atoms with van der Waals surface area (Å²) >= 11 is 5.98. The van der Waals surface area contributed by atoms with Crippen molar-refractivity contribution in [2.45, 2.75) is 38.8 Å². The number of benzene rings is 1. The number of likely N-dealkylation sites (N-methyl/N-ethyl adjacent to an activating group) is 1. The van der Waals surface area contributed by atoms with Crippen molar-refractivity contribution in [3.05, 3.63) is 34.9 Å². The van der Waals surface area contributed by atoms with Gasteiger partial charge in [0.15, 0.2) is 0 Å². The number of nitrogens with two attached hydrogens (primary N) is 1. The molecule has 0 saturated heterocycles. The molecule has 2 rings (SSSR count). The van der Waals surface area contributed by atoms with Crippen LogP contribution in [0.15, 0.2) is 24.3 Å². The van der Waals surface area contributed by atoms with E-state index in [0.29, 0.717) is 0 Å². The molecule has 0 amide bonds. The summed E-state index contributed by atoms with van der Waals surface area (Å²) in [6, 6.07) is 8.58. The molecule has 0 radical (unpaired) electrons. The van der Waals surface area contributed by atoms with E-state index in [1.807, 2.05) is 12.1 Å². The molecule has 2 nitrogen and oxygen atoms in total. The predicted molar refractivity (Wildman–Crippen MR) is 82.4 cm³/mol. The Balaban J connectivity index is 2.12. The van der Waals surface area contributed by atoms with E-state index in [1.165, 1.54) is 12.0 Å². The van der Waals surface area contributed by atoms with Gasteiger partial charge in [0.25, 0.3) is 0 Å². The Morgan fingerprint density at radius 1 is 1.37 bits per heavy atom. The highest BCUT2D eigenvalue weighted by Gasteiger charge is 2.35. The van der Waals surface area contributed by atoms with Crippen molar-refractivity contribution in [2.75, 3.05) is 13.6 Å². The second-order valence-electron chi connectivity index (χ2n) is 5.98. The van der Waals surface area contributed by atoms with Crippen LogP contribution in [0.25, 0.3) is 0 Å². The minimum absolute atomic E-state index is 0.167. The predicted octanol–water partition coefficient (Wildman–Crippen LogP) is 3.71. The van der Waals surface area contributed by atoms with Crippen LogP contribution in [-0.2, 0) is 0 Å². The molecule has 4 unspecified atom stereocenters. The van der Waals surface area contributed by atoms with E-state index in [-0.39, 0.29) is 12.1 Å².